The van der Waals surface area contributed by atoms with Gasteiger partial charge >= 0.3 is 5.97 Å². The molecule has 0 aromatic heterocycles. The molecule has 0 aliphatic rings. The first-order chi connectivity index (χ1) is 6.43. The Hall–Kier alpha value is -1.13. The number of carbonyl (C=O) groups is 1. The van der Waals surface area contributed by atoms with Crippen molar-refractivity contribution in [1.82, 2.24) is 0 Å². The molecule has 1 aromatic rings. The minimum atomic E-state index is -1.10. The monoisotopic (exact) mass is 236 g/mol. The second kappa shape index (κ2) is 3.94. The van der Waals surface area contributed by atoms with Crippen LogP contribution in [0.5, 0.6) is 11.5 Å². The lowest BCUT2D eigenvalue weighted by atomic mass is 10.1. The molecular weight excluding hydrogens is 231 g/mol. The van der Waals surface area contributed by atoms with Crippen molar-refractivity contribution >= 4 is 29.2 Å². The van der Waals surface area contributed by atoms with Gasteiger partial charge in [-0.05, 0) is 11.6 Å². The molecule has 0 fully saturated rings. The van der Waals surface area contributed by atoms with Crippen molar-refractivity contribution in [2.45, 2.75) is 6.42 Å². The first-order valence-corrected chi connectivity index (χ1v) is 4.29. The molecule has 0 saturated heterocycles. The van der Waals surface area contributed by atoms with Gasteiger partial charge in [-0.15, -0.1) is 0 Å². The van der Waals surface area contributed by atoms with Gasteiger partial charge in [0.25, 0.3) is 0 Å². The standard InChI is InChI=1S/C8H6Cl2O4/c9-6-3(2-5(12)13)1-4(11)8(14)7(6)10/h1,11,14H,2H2,(H,12,13). The van der Waals surface area contributed by atoms with Crippen LogP contribution in [0.2, 0.25) is 10.0 Å². The molecule has 76 valence electrons. The molecule has 3 N–H and O–H groups in total. The third-order valence-electron chi connectivity index (χ3n) is 1.58. The molecule has 0 heterocycles. The highest BCUT2D eigenvalue weighted by molar-refractivity contribution is 6.43. The summed E-state index contributed by atoms with van der Waals surface area (Å²) < 4.78 is 0. The molecule has 0 spiro atoms. The van der Waals surface area contributed by atoms with Gasteiger partial charge < -0.3 is 15.3 Å². The second-order valence-electron chi connectivity index (χ2n) is 2.60. The van der Waals surface area contributed by atoms with Crippen LogP contribution in [-0.2, 0) is 11.2 Å². The van der Waals surface area contributed by atoms with E-state index in [0.29, 0.717) is 0 Å². The summed E-state index contributed by atoms with van der Waals surface area (Å²) in [4.78, 5) is 10.4. The maximum Gasteiger partial charge on any atom is 0.307 e. The predicted octanol–water partition coefficient (Wildman–Crippen LogP) is 2.03. The van der Waals surface area contributed by atoms with Crippen molar-refractivity contribution < 1.29 is 20.1 Å². The number of carboxylic acids is 1. The van der Waals surface area contributed by atoms with E-state index in [-0.39, 0.29) is 22.0 Å². The van der Waals surface area contributed by atoms with Crippen LogP contribution in [0, 0.1) is 0 Å². The molecule has 6 heteroatoms. The van der Waals surface area contributed by atoms with Crippen LogP contribution in [-0.4, -0.2) is 21.3 Å². The van der Waals surface area contributed by atoms with E-state index in [0.717, 1.165) is 6.07 Å². The number of aliphatic carboxylic acids is 1. The third kappa shape index (κ3) is 2.02. The molecular formula is C8H6Cl2O4. The molecule has 0 aliphatic heterocycles. The van der Waals surface area contributed by atoms with E-state index in [2.05, 4.69) is 0 Å². The van der Waals surface area contributed by atoms with Crippen molar-refractivity contribution in [3.8, 4) is 11.5 Å². The van der Waals surface area contributed by atoms with E-state index in [4.69, 9.17) is 38.5 Å². The van der Waals surface area contributed by atoms with Crippen molar-refractivity contribution in [1.29, 1.82) is 0 Å². The highest BCUT2D eigenvalue weighted by atomic mass is 35.5. The summed E-state index contributed by atoms with van der Waals surface area (Å²) in [6, 6.07) is 1.07. The van der Waals surface area contributed by atoms with Gasteiger partial charge in [0.05, 0.1) is 11.4 Å². The van der Waals surface area contributed by atoms with Gasteiger partial charge in [0.15, 0.2) is 11.5 Å². The number of carboxylic acid groups (broad SMARTS) is 1. The Morgan fingerprint density at radius 2 is 1.86 bits per heavy atom. The topological polar surface area (TPSA) is 77.8 Å². The van der Waals surface area contributed by atoms with Crippen LogP contribution in [0.4, 0.5) is 0 Å². The SMILES string of the molecule is O=C(O)Cc1cc(O)c(O)c(Cl)c1Cl. The van der Waals surface area contributed by atoms with Crippen molar-refractivity contribution in [2.24, 2.45) is 0 Å². The fourth-order valence-corrected chi connectivity index (χ4v) is 1.37. The number of hydrogen-bond acceptors (Lipinski definition) is 3. The highest BCUT2D eigenvalue weighted by Crippen LogP contribution is 2.40. The van der Waals surface area contributed by atoms with Crippen molar-refractivity contribution in [3.63, 3.8) is 0 Å². The van der Waals surface area contributed by atoms with Gasteiger partial charge in [0, 0.05) is 0 Å². The minimum absolute atomic E-state index is 0.0654. The molecule has 0 saturated carbocycles. The van der Waals surface area contributed by atoms with Crippen molar-refractivity contribution in [2.75, 3.05) is 0 Å². The van der Waals surface area contributed by atoms with E-state index < -0.39 is 17.5 Å². The molecule has 0 amide bonds. The summed E-state index contributed by atoms with van der Waals surface area (Å²) in [6.45, 7) is 0. The lowest BCUT2D eigenvalue weighted by Crippen LogP contribution is -2.00. The van der Waals surface area contributed by atoms with E-state index in [1.165, 1.54) is 0 Å². The minimum Gasteiger partial charge on any atom is -0.504 e. The fourth-order valence-electron chi connectivity index (χ4n) is 0.946. The first kappa shape index (κ1) is 10.9. The number of aromatic hydroxyl groups is 2. The predicted molar refractivity (Wildman–Crippen MR) is 51.1 cm³/mol. The Morgan fingerprint density at radius 1 is 1.29 bits per heavy atom. The second-order valence-corrected chi connectivity index (χ2v) is 3.36. The number of phenolic OH excluding ortho intramolecular Hbond substituents is 2. The zero-order chi connectivity index (χ0) is 10.9. The number of halogens is 2. The molecule has 0 atom stereocenters. The van der Waals surface area contributed by atoms with Gasteiger partial charge in [-0.1, -0.05) is 23.2 Å². The van der Waals surface area contributed by atoms with Gasteiger partial charge in [0.1, 0.15) is 5.02 Å². The van der Waals surface area contributed by atoms with Crippen LogP contribution in [0.1, 0.15) is 5.56 Å². The van der Waals surface area contributed by atoms with Gasteiger partial charge in [-0.25, -0.2) is 0 Å². The van der Waals surface area contributed by atoms with Crippen LogP contribution < -0.4 is 0 Å². The van der Waals surface area contributed by atoms with Crippen LogP contribution >= 0.6 is 23.2 Å². The van der Waals surface area contributed by atoms with Gasteiger partial charge in [0.2, 0.25) is 0 Å². The molecule has 0 aliphatic carbocycles. The fraction of sp³-hybridized carbons (Fsp3) is 0.125. The Balaban J connectivity index is 3.25. The number of hydrogen-bond donors (Lipinski definition) is 3. The molecule has 1 rings (SSSR count). The van der Waals surface area contributed by atoms with Crippen LogP contribution in [0.3, 0.4) is 0 Å². The lowest BCUT2D eigenvalue weighted by molar-refractivity contribution is -0.136. The lowest BCUT2D eigenvalue weighted by Gasteiger charge is -2.06. The first-order valence-electron chi connectivity index (χ1n) is 3.54. The van der Waals surface area contributed by atoms with Crippen molar-refractivity contribution in [3.05, 3.63) is 21.7 Å². The molecule has 1 aromatic carbocycles. The molecule has 14 heavy (non-hydrogen) atoms. The zero-order valence-electron chi connectivity index (χ0n) is 6.79. The number of benzene rings is 1. The third-order valence-corrected chi connectivity index (χ3v) is 2.47. The van der Waals surface area contributed by atoms with Gasteiger partial charge in [-0.3, -0.25) is 4.79 Å². The largest absolute Gasteiger partial charge is 0.504 e. The molecule has 0 bridgehead atoms. The Labute approximate surface area is 89.3 Å². The zero-order valence-corrected chi connectivity index (χ0v) is 8.30. The van der Waals surface area contributed by atoms with Crippen LogP contribution in [0.15, 0.2) is 6.07 Å². The average Bonchev–Trinajstić information content (AvgIpc) is 2.10. The average molecular weight is 237 g/mol. The van der Waals surface area contributed by atoms with E-state index >= 15 is 0 Å². The number of rotatable bonds is 2. The summed E-state index contributed by atoms with van der Waals surface area (Å²) in [5.41, 5.74) is 0.152. The highest BCUT2D eigenvalue weighted by Gasteiger charge is 2.15. The maximum absolute atomic E-state index is 10.4. The van der Waals surface area contributed by atoms with E-state index in [1.54, 1.807) is 0 Å². The summed E-state index contributed by atoms with van der Waals surface area (Å²) in [5, 5.41) is 26.4. The number of phenols is 2. The summed E-state index contributed by atoms with van der Waals surface area (Å²) in [6.07, 6.45) is -0.369. The molecule has 0 radical (unpaired) electrons. The van der Waals surface area contributed by atoms with E-state index in [1.807, 2.05) is 0 Å². The summed E-state index contributed by atoms with van der Waals surface area (Å²) in [7, 11) is 0. The summed E-state index contributed by atoms with van der Waals surface area (Å²) >= 11 is 11.2. The quantitative estimate of drug-likeness (QED) is 0.687. The maximum atomic E-state index is 10.4. The molecule has 4 nitrogen and oxygen atoms in total. The Morgan fingerprint density at radius 3 is 2.36 bits per heavy atom. The van der Waals surface area contributed by atoms with E-state index in [9.17, 15) is 4.79 Å². The molecule has 0 unspecified atom stereocenters. The van der Waals surface area contributed by atoms with Gasteiger partial charge in [-0.2, -0.15) is 0 Å². The normalized spacial score (nSPS) is 10.1. The Bertz CT molecular complexity index is 389. The smallest absolute Gasteiger partial charge is 0.307 e. The summed E-state index contributed by atoms with van der Waals surface area (Å²) in [5.74, 6) is -2.14. The Kier molecular flexibility index (Phi) is 3.08. The van der Waals surface area contributed by atoms with Crippen LogP contribution in [0.25, 0.3) is 0 Å².